The summed E-state index contributed by atoms with van der Waals surface area (Å²) in [6.45, 7) is -0.0725. The second-order valence-electron chi connectivity index (χ2n) is 5.01. The molecule has 0 unspecified atom stereocenters. The predicted molar refractivity (Wildman–Crippen MR) is 90.6 cm³/mol. The fourth-order valence-corrected chi connectivity index (χ4v) is 2.57. The van der Waals surface area contributed by atoms with Crippen LogP contribution in [0.2, 0.25) is 5.02 Å². The number of benzene rings is 1. The number of para-hydroxylation sites is 1. The van der Waals surface area contributed by atoms with E-state index in [4.69, 9.17) is 21.7 Å². The molecule has 7 heteroatoms. The van der Waals surface area contributed by atoms with Gasteiger partial charge in [-0.3, -0.25) is 9.78 Å². The largest absolute Gasteiger partial charge is 0.399 e. The number of nitriles is 1. The van der Waals surface area contributed by atoms with E-state index in [1.165, 1.54) is 10.9 Å². The first-order valence-electron chi connectivity index (χ1n) is 7.17. The molecule has 2 heterocycles. The minimum Gasteiger partial charge on any atom is -0.399 e. The second kappa shape index (κ2) is 7.02. The van der Waals surface area contributed by atoms with Crippen molar-refractivity contribution in [3.05, 3.63) is 59.5 Å². The Hall–Kier alpha value is -3.04. The predicted octanol–water partition coefficient (Wildman–Crippen LogP) is 2.82. The maximum absolute atomic E-state index is 12.3. The minimum atomic E-state index is -0.203. The number of carbonyl (C=O) groups is 1. The molecule has 1 amide bonds. The summed E-state index contributed by atoms with van der Waals surface area (Å²) < 4.78 is 1.51. The van der Waals surface area contributed by atoms with Gasteiger partial charge in [-0.2, -0.15) is 9.99 Å². The number of pyridine rings is 1. The van der Waals surface area contributed by atoms with Gasteiger partial charge in [-0.25, -0.2) is 0 Å². The molecule has 0 aliphatic carbocycles. The third kappa shape index (κ3) is 3.31. The van der Waals surface area contributed by atoms with Crippen molar-refractivity contribution in [2.45, 2.75) is 6.42 Å². The van der Waals surface area contributed by atoms with Crippen LogP contribution in [-0.2, 0) is 11.2 Å². The first-order chi connectivity index (χ1) is 11.7. The fraction of sp³-hybridized carbons (Fsp3) is 0.118. The Morgan fingerprint density at radius 1 is 1.38 bits per heavy atom. The Morgan fingerprint density at radius 3 is 3.00 bits per heavy atom. The highest BCUT2D eigenvalue weighted by Crippen LogP contribution is 2.23. The summed E-state index contributed by atoms with van der Waals surface area (Å²) in [5, 5.41) is 12.7. The molecule has 0 aliphatic heterocycles. The number of fused-ring (bicyclic) bond motifs is 1. The van der Waals surface area contributed by atoms with Gasteiger partial charge in [0.25, 0.3) is 0 Å². The van der Waals surface area contributed by atoms with E-state index in [-0.39, 0.29) is 18.9 Å². The standard InChI is InChI=1S/C17H13ClN4O2/c18-14-10-20-7-5-15(14)21-17(23)9-12-11-22(24-8-6-19)16-4-2-1-3-13(12)16/h1-5,7,10-11H,8-9H2,(H,20,21,23). The molecule has 3 aromatic rings. The Labute approximate surface area is 143 Å². The van der Waals surface area contributed by atoms with Gasteiger partial charge in [0.2, 0.25) is 12.5 Å². The Kier molecular flexibility index (Phi) is 4.64. The lowest BCUT2D eigenvalue weighted by Crippen LogP contribution is -2.15. The molecule has 1 N–H and O–H groups in total. The average Bonchev–Trinajstić information content (AvgIpc) is 2.93. The highest BCUT2D eigenvalue weighted by atomic mass is 35.5. The number of rotatable bonds is 5. The zero-order valence-electron chi connectivity index (χ0n) is 12.6. The summed E-state index contributed by atoms with van der Waals surface area (Å²) in [6.07, 6.45) is 4.90. The fourth-order valence-electron chi connectivity index (χ4n) is 2.41. The van der Waals surface area contributed by atoms with Gasteiger partial charge < -0.3 is 10.2 Å². The number of carbonyl (C=O) groups excluding carboxylic acids is 1. The molecule has 0 bridgehead atoms. The maximum atomic E-state index is 12.3. The maximum Gasteiger partial charge on any atom is 0.228 e. The summed E-state index contributed by atoms with van der Waals surface area (Å²) in [4.78, 5) is 21.6. The van der Waals surface area contributed by atoms with Crippen molar-refractivity contribution in [2.24, 2.45) is 0 Å². The molecule has 0 fully saturated rings. The topological polar surface area (TPSA) is 79.9 Å². The third-order valence-electron chi connectivity index (χ3n) is 3.43. The second-order valence-corrected chi connectivity index (χ2v) is 5.42. The number of aromatic nitrogens is 2. The normalized spacial score (nSPS) is 10.3. The molecule has 6 nitrogen and oxygen atoms in total. The highest BCUT2D eigenvalue weighted by molar-refractivity contribution is 6.33. The molecule has 1 aromatic carbocycles. The van der Waals surface area contributed by atoms with Crippen LogP contribution in [0.4, 0.5) is 5.69 Å². The molecule has 0 aliphatic rings. The Bertz CT molecular complexity index is 930. The van der Waals surface area contributed by atoms with Crippen LogP contribution >= 0.6 is 11.6 Å². The van der Waals surface area contributed by atoms with Gasteiger partial charge in [0.15, 0.2) is 0 Å². The van der Waals surface area contributed by atoms with E-state index in [1.807, 2.05) is 30.3 Å². The molecule has 0 saturated carbocycles. The van der Waals surface area contributed by atoms with Crippen LogP contribution in [0.1, 0.15) is 5.56 Å². The van der Waals surface area contributed by atoms with E-state index in [0.717, 1.165) is 16.5 Å². The van der Waals surface area contributed by atoms with Crippen LogP contribution in [-0.4, -0.2) is 22.2 Å². The first-order valence-corrected chi connectivity index (χ1v) is 7.55. The lowest BCUT2D eigenvalue weighted by atomic mass is 10.1. The monoisotopic (exact) mass is 340 g/mol. The number of hydrogen-bond acceptors (Lipinski definition) is 4. The van der Waals surface area contributed by atoms with Crippen LogP contribution in [0.3, 0.4) is 0 Å². The summed E-state index contributed by atoms with van der Waals surface area (Å²) in [5.74, 6) is -0.203. The van der Waals surface area contributed by atoms with E-state index in [0.29, 0.717) is 10.7 Å². The van der Waals surface area contributed by atoms with Crippen molar-refractivity contribution in [1.82, 2.24) is 9.71 Å². The first kappa shape index (κ1) is 15.8. The van der Waals surface area contributed by atoms with Crippen molar-refractivity contribution in [3.63, 3.8) is 0 Å². The van der Waals surface area contributed by atoms with Gasteiger partial charge >= 0.3 is 0 Å². The summed E-state index contributed by atoms with van der Waals surface area (Å²) in [6, 6.07) is 11.1. The van der Waals surface area contributed by atoms with Gasteiger partial charge in [0.05, 0.1) is 22.6 Å². The van der Waals surface area contributed by atoms with Crippen LogP contribution in [0, 0.1) is 11.3 Å². The van der Waals surface area contributed by atoms with E-state index >= 15 is 0 Å². The van der Waals surface area contributed by atoms with E-state index in [1.54, 1.807) is 18.5 Å². The van der Waals surface area contributed by atoms with Crippen molar-refractivity contribution in [2.75, 3.05) is 11.9 Å². The van der Waals surface area contributed by atoms with Crippen LogP contribution in [0.25, 0.3) is 10.9 Å². The number of anilines is 1. The van der Waals surface area contributed by atoms with E-state index in [9.17, 15) is 4.79 Å². The number of nitrogens with one attached hydrogen (secondary N) is 1. The van der Waals surface area contributed by atoms with Gasteiger partial charge in [-0.05, 0) is 17.7 Å². The Balaban J connectivity index is 1.83. The number of hydrogen-bond donors (Lipinski definition) is 1. The van der Waals surface area contributed by atoms with Crippen molar-refractivity contribution < 1.29 is 9.63 Å². The zero-order chi connectivity index (χ0) is 16.9. The van der Waals surface area contributed by atoms with Crippen molar-refractivity contribution in [1.29, 1.82) is 5.26 Å². The smallest absolute Gasteiger partial charge is 0.228 e. The molecule has 3 rings (SSSR count). The lowest BCUT2D eigenvalue weighted by Gasteiger charge is -2.06. The highest BCUT2D eigenvalue weighted by Gasteiger charge is 2.13. The van der Waals surface area contributed by atoms with Crippen molar-refractivity contribution in [3.8, 4) is 6.07 Å². The number of halogens is 1. The van der Waals surface area contributed by atoms with E-state index in [2.05, 4.69) is 10.3 Å². The zero-order valence-corrected chi connectivity index (χ0v) is 13.3. The molecule has 0 spiro atoms. The molecule has 120 valence electrons. The number of amides is 1. The molecule has 24 heavy (non-hydrogen) atoms. The van der Waals surface area contributed by atoms with Crippen LogP contribution in [0.15, 0.2) is 48.9 Å². The van der Waals surface area contributed by atoms with E-state index < -0.39 is 0 Å². The van der Waals surface area contributed by atoms with Gasteiger partial charge in [0, 0.05) is 24.0 Å². The third-order valence-corrected chi connectivity index (χ3v) is 3.73. The van der Waals surface area contributed by atoms with Crippen LogP contribution < -0.4 is 10.2 Å². The summed E-state index contributed by atoms with van der Waals surface area (Å²) in [7, 11) is 0. The van der Waals surface area contributed by atoms with Gasteiger partial charge in [0.1, 0.15) is 6.07 Å². The van der Waals surface area contributed by atoms with Crippen molar-refractivity contribution >= 4 is 34.1 Å². The number of nitrogens with zero attached hydrogens (tertiary/aromatic N) is 3. The van der Waals surface area contributed by atoms with Gasteiger partial charge in [-0.15, -0.1) is 0 Å². The SMILES string of the molecule is N#CCOn1cc(CC(=O)Nc2ccncc2Cl)c2ccccc21. The summed E-state index contributed by atoms with van der Waals surface area (Å²) in [5.41, 5.74) is 2.12. The summed E-state index contributed by atoms with van der Waals surface area (Å²) >= 11 is 6.00. The van der Waals surface area contributed by atoms with Gasteiger partial charge in [-0.1, -0.05) is 29.8 Å². The lowest BCUT2D eigenvalue weighted by molar-refractivity contribution is -0.115. The molecule has 0 radical (unpaired) electrons. The van der Waals surface area contributed by atoms with Crippen LogP contribution in [0.5, 0.6) is 0 Å². The molecule has 0 atom stereocenters. The molecule has 0 saturated heterocycles. The molecular formula is C17H13ClN4O2. The minimum absolute atomic E-state index is 0.0725. The quantitative estimate of drug-likeness (QED) is 0.774. The Morgan fingerprint density at radius 2 is 2.21 bits per heavy atom. The average molecular weight is 341 g/mol. The molecule has 2 aromatic heterocycles. The molecular weight excluding hydrogens is 328 g/mol.